The Morgan fingerprint density at radius 1 is 1.50 bits per heavy atom. The maximum absolute atomic E-state index is 9.34. The second-order valence-corrected chi connectivity index (χ2v) is 3.17. The molecule has 0 bridgehead atoms. The van der Waals surface area contributed by atoms with E-state index in [2.05, 4.69) is 4.89 Å². The fourth-order valence-electron chi connectivity index (χ4n) is 1.39. The van der Waals surface area contributed by atoms with Gasteiger partial charge in [0.2, 0.25) is 0 Å². The first-order chi connectivity index (χ1) is 4.69. The van der Waals surface area contributed by atoms with Crippen molar-refractivity contribution in [3.05, 3.63) is 0 Å². The number of hydrogen-bond donors (Lipinski definition) is 2. The van der Waals surface area contributed by atoms with Gasteiger partial charge in [0.05, 0.1) is 6.10 Å². The molecule has 3 heteroatoms. The van der Waals surface area contributed by atoms with E-state index in [9.17, 15) is 5.11 Å². The van der Waals surface area contributed by atoms with Crippen molar-refractivity contribution < 1.29 is 15.3 Å². The summed E-state index contributed by atoms with van der Waals surface area (Å²) in [5, 5.41) is 17.8. The summed E-state index contributed by atoms with van der Waals surface area (Å²) in [5.41, 5.74) is -0.710. The van der Waals surface area contributed by atoms with Gasteiger partial charge in [-0.1, -0.05) is 12.8 Å². The summed E-state index contributed by atoms with van der Waals surface area (Å²) in [4.78, 5) is 4.24. The molecule has 1 fully saturated rings. The van der Waals surface area contributed by atoms with Crippen LogP contribution in [0.1, 0.15) is 32.6 Å². The summed E-state index contributed by atoms with van der Waals surface area (Å²) >= 11 is 0. The highest BCUT2D eigenvalue weighted by Crippen LogP contribution is 2.30. The monoisotopic (exact) mass is 146 g/mol. The molecule has 3 nitrogen and oxygen atoms in total. The SMILES string of the molecule is CC1(OO)CCCCC1O. The van der Waals surface area contributed by atoms with Crippen LogP contribution in [0.3, 0.4) is 0 Å². The molecule has 0 aliphatic heterocycles. The molecule has 0 amide bonds. The smallest absolute Gasteiger partial charge is 0.126 e. The van der Waals surface area contributed by atoms with Gasteiger partial charge in [0, 0.05) is 0 Å². The molecule has 0 aromatic heterocycles. The maximum atomic E-state index is 9.34. The minimum atomic E-state index is -0.710. The molecule has 60 valence electrons. The first-order valence-electron chi connectivity index (χ1n) is 3.70. The van der Waals surface area contributed by atoms with E-state index in [1.165, 1.54) is 0 Å². The van der Waals surface area contributed by atoms with Crippen molar-refractivity contribution in [2.45, 2.75) is 44.3 Å². The third kappa shape index (κ3) is 1.31. The van der Waals surface area contributed by atoms with Gasteiger partial charge in [-0.15, -0.1) is 0 Å². The second kappa shape index (κ2) is 2.86. The van der Waals surface area contributed by atoms with Gasteiger partial charge in [-0.05, 0) is 19.8 Å². The lowest BCUT2D eigenvalue weighted by molar-refractivity contribution is -0.345. The first-order valence-corrected chi connectivity index (χ1v) is 3.70. The predicted octanol–water partition coefficient (Wildman–Crippen LogP) is 1.17. The van der Waals surface area contributed by atoms with Crippen LogP contribution < -0.4 is 0 Å². The van der Waals surface area contributed by atoms with Crippen LogP contribution in [0.25, 0.3) is 0 Å². The van der Waals surface area contributed by atoms with E-state index in [4.69, 9.17) is 5.26 Å². The number of hydrogen-bond acceptors (Lipinski definition) is 3. The van der Waals surface area contributed by atoms with E-state index in [1.807, 2.05) is 0 Å². The van der Waals surface area contributed by atoms with Crippen LogP contribution in [0.2, 0.25) is 0 Å². The third-order valence-electron chi connectivity index (χ3n) is 2.31. The quantitative estimate of drug-likeness (QED) is 0.431. The normalized spacial score (nSPS) is 41.7. The van der Waals surface area contributed by atoms with Crippen LogP contribution >= 0.6 is 0 Å². The fourth-order valence-corrected chi connectivity index (χ4v) is 1.39. The molecule has 1 saturated carbocycles. The fraction of sp³-hybridized carbons (Fsp3) is 1.00. The van der Waals surface area contributed by atoms with Crippen molar-refractivity contribution in [2.24, 2.45) is 0 Å². The summed E-state index contributed by atoms with van der Waals surface area (Å²) in [6, 6.07) is 0. The van der Waals surface area contributed by atoms with Crippen molar-refractivity contribution in [3.8, 4) is 0 Å². The Balaban J connectivity index is 2.54. The molecule has 0 aromatic carbocycles. The Morgan fingerprint density at radius 2 is 2.20 bits per heavy atom. The lowest BCUT2D eigenvalue weighted by Gasteiger charge is -2.34. The largest absolute Gasteiger partial charge is 0.390 e. The maximum Gasteiger partial charge on any atom is 0.126 e. The van der Waals surface area contributed by atoms with Gasteiger partial charge in [0.1, 0.15) is 5.60 Å². The molecule has 1 aliphatic rings. The topological polar surface area (TPSA) is 49.7 Å². The van der Waals surface area contributed by atoms with Crippen molar-refractivity contribution in [1.29, 1.82) is 0 Å². The molecule has 0 saturated heterocycles. The summed E-state index contributed by atoms with van der Waals surface area (Å²) in [7, 11) is 0. The van der Waals surface area contributed by atoms with Crippen LogP contribution in [0.15, 0.2) is 0 Å². The molecule has 0 heterocycles. The molecule has 1 aliphatic carbocycles. The number of aliphatic hydroxyl groups excluding tert-OH is 1. The van der Waals surface area contributed by atoms with Gasteiger partial charge in [-0.2, -0.15) is 0 Å². The molecule has 0 aromatic rings. The molecular formula is C7H14O3. The molecule has 1 rings (SSSR count). The Labute approximate surface area is 60.6 Å². The van der Waals surface area contributed by atoms with Crippen LogP contribution in [0, 0.1) is 0 Å². The molecule has 2 N–H and O–H groups in total. The average molecular weight is 146 g/mol. The van der Waals surface area contributed by atoms with Gasteiger partial charge < -0.3 is 5.11 Å². The van der Waals surface area contributed by atoms with Gasteiger partial charge in [-0.3, -0.25) is 5.26 Å². The summed E-state index contributed by atoms with van der Waals surface area (Å²) in [6.45, 7) is 1.73. The van der Waals surface area contributed by atoms with Gasteiger partial charge in [0.15, 0.2) is 0 Å². The van der Waals surface area contributed by atoms with E-state index in [0.717, 1.165) is 25.7 Å². The number of aliphatic hydroxyl groups is 1. The Bertz CT molecular complexity index is 115. The first kappa shape index (κ1) is 7.98. The average Bonchev–Trinajstić information content (AvgIpc) is 1.96. The minimum absolute atomic E-state index is 0.508. The Kier molecular flexibility index (Phi) is 2.28. The van der Waals surface area contributed by atoms with E-state index in [1.54, 1.807) is 6.92 Å². The van der Waals surface area contributed by atoms with E-state index in [0.29, 0.717) is 0 Å². The Hall–Kier alpha value is -0.120. The highest BCUT2D eigenvalue weighted by atomic mass is 17.1. The minimum Gasteiger partial charge on any atom is -0.390 e. The Morgan fingerprint density at radius 3 is 2.60 bits per heavy atom. The lowest BCUT2D eigenvalue weighted by Crippen LogP contribution is -2.43. The highest BCUT2D eigenvalue weighted by Gasteiger charge is 2.36. The van der Waals surface area contributed by atoms with Crippen LogP contribution in [0.5, 0.6) is 0 Å². The van der Waals surface area contributed by atoms with Crippen molar-refractivity contribution in [2.75, 3.05) is 0 Å². The zero-order valence-electron chi connectivity index (χ0n) is 6.21. The standard InChI is InChI=1S/C7H14O3/c1-7(10-9)5-3-2-4-6(7)8/h6,8-9H,2-5H2,1H3. The summed E-state index contributed by atoms with van der Waals surface area (Å²) in [5.74, 6) is 0. The summed E-state index contributed by atoms with van der Waals surface area (Å²) < 4.78 is 0. The molecule has 2 atom stereocenters. The lowest BCUT2D eigenvalue weighted by atomic mass is 9.84. The van der Waals surface area contributed by atoms with Gasteiger partial charge in [-0.25, -0.2) is 4.89 Å². The van der Waals surface area contributed by atoms with Crippen molar-refractivity contribution in [3.63, 3.8) is 0 Å². The van der Waals surface area contributed by atoms with Gasteiger partial charge in [0.25, 0.3) is 0 Å². The second-order valence-electron chi connectivity index (χ2n) is 3.17. The van der Waals surface area contributed by atoms with E-state index >= 15 is 0 Å². The van der Waals surface area contributed by atoms with E-state index < -0.39 is 11.7 Å². The number of rotatable bonds is 1. The predicted molar refractivity (Wildman–Crippen MR) is 36.6 cm³/mol. The zero-order valence-corrected chi connectivity index (χ0v) is 6.21. The van der Waals surface area contributed by atoms with Crippen LogP contribution in [-0.4, -0.2) is 22.1 Å². The third-order valence-corrected chi connectivity index (χ3v) is 2.31. The summed E-state index contributed by atoms with van der Waals surface area (Å²) in [6.07, 6.45) is 3.02. The van der Waals surface area contributed by atoms with Gasteiger partial charge >= 0.3 is 0 Å². The van der Waals surface area contributed by atoms with Crippen molar-refractivity contribution in [1.82, 2.24) is 0 Å². The molecular weight excluding hydrogens is 132 g/mol. The molecule has 0 spiro atoms. The highest BCUT2D eigenvalue weighted by molar-refractivity contribution is 4.86. The van der Waals surface area contributed by atoms with Crippen LogP contribution in [-0.2, 0) is 4.89 Å². The van der Waals surface area contributed by atoms with E-state index in [-0.39, 0.29) is 0 Å². The molecule has 0 radical (unpaired) electrons. The van der Waals surface area contributed by atoms with Crippen molar-refractivity contribution >= 4 is 0 Å². The molecule has 2 unspecified atom stereocenters. The van der Waals surface area contributed by atoms with Crippen LogP contribution in [0.4, 0.5) is 0 Å². The molecule has 10 heavy (non-hydrogen) atoms. The zero-order chi connectivity index (χ0) is 7.61.